The van der Waals surface area contributed by atoms with E-state index >= 15 is 0 Å². The summed E-state index contributed by atoms with van der Waals surface area (Å²) >= 11 is 0. The molecule has 1 aromatic heterocycles. The molecule has 184 valence electrons. The Morgan fingerprint density at radius 1 is 0.824 bits per heavy atom. The number of allylic oxidation sites excluding steroid dienone is 6. The van der Waals surface area contributed by atoms with Crippen LogP contribution in [0.25, 0.3) is 11.0 Å². The molecule has 1 N–H and O–H groups in total. The highest BCUT2D eigenvalue weighted by Crippen LogP contribution is 2.36. The van der Waals surface area contributed by atoms with Crippen LogP contribution in [-0.2, 0) is 0 Å². The first kappa shape index (κ1) is 27.0. The summed E-state index contributed by atoms with van der Waals surface area (Å²) in [6.07, 6.45) is 12.2. The van der Waals surface area contributed by atoms with Gasteiger partial charge in [0, 0.05) is 0 Å². The third kappa shape index (κ3) is 8.62. The van der Waals surface area contributed by atoms with Crippen molar-refractivity contribution < 1.29 is 19.0 Å². The molecule has 0 saturated carbocycles. The van der Waals surface area contributed by atoms with Crippen molar-refractivity contribution in [3.05, 3.63) is 75.2 Å². The lowest BCUT2D eigenvalue weighted by molar-refractivity contribution is 0.294. The highest BCUT2D eigenvalue weighted by molar-refractivity contribution is 5.89. The molecule has 0 amide bonds. The van der Waals surface area contributed by atoms with Gasteiger partial charge < -0.3 is 19.0 Å². The summed E-state index contributed by atoms with van der Waals surface area (Å²) in [7, 11) is 0. The molecule has 0 spiro atoms. The first-order chi connectivity index (χ1) is 16.2. The van der Waals surface area contributed by atoms with Crippen LogP contribution in [0.15, 0.2) is 74.0 Å². The summed E-state index contributed by atoms with van der Waals surface area (Å²) in [5, 5.41) is 10.7. The van der Waals surface area contributed by atoms with Gasteiger partial charge in [-0.15, -0.1) is 0 Å². The van der Waals surface area contributed by atoms with Gasteiger partial charge in [-0.05, 0) is 91.5 Å². The highest BCUT2D eigenvalue weighted by atomic mass is 16.5. The van der Waals surface area contributed by atoms with E-state index in [-0.39, 0.29) is 36.0 Å². The zero-order chi connectivity index (χ0) is 25.1. The van der Waals surface area contributed by atoms with Gasteiger partial charge in [-0.3, -0.25) is 0 Å². The van der Waals surface area contributed by atoms with Crippen LogP contribution in [0.5, 0.6) is 17.2 Å². The summed E-state index contributed by atoms with van der Waals surface area (Å²) in [6, 6.07) is 4.90. The Hall–Kier alpha value is -3.21. The maximum atomic E-state index is 12.7. The molecule has 34 heavy (non-hydrogen) atoms. The fourth-order valence-electron chi connectivity index (χ4n) is 3.35. The molecular formula is C29H38O5. The molecule has 0 fully saturated rings. The van der Waals surface area contributed by atoms with E-state index in [4.69, 9.17) is 13.9 Å². The minimum Gasteiger partial charge on any atom is -0.504 e. The molecule has 2 aromatic rings. The van der Waals surface area contributed by atoms with Gasteiger partial charge in [0.1, 0.15) is 13.2 Å². The van der Waals surface area contributed by atoms with Crippen LogP contribution < -0.4 is 15.1 Å². The predicted molar refractivity (Wildman–Crippen MR) is 140 cm³/mol. The third-order valence-electron chi connectivity index (χ3n) is 5.33. The Labute approximate surface area is 203 Å². The van der Waals surface area contributed by atoms with E-state index in [1.165, 1.54) is 28.4 Å². The first-order valence-corrected chi connectivity index (χ1v) is 11.8. The number of hydrogen-bond donors (Lipinski definition) is 1. The molecule has 0 unspecified atom stereocenters. The molecule has 5 heteroatoms. The van der Waals surface area contributed by atoms with Crippen molar-refractivity contribution in [2.24, 2.45) is 0 Å². The van der Waals surface area contributed by atoms with E-state index in [1.807, 2.05) is 19.1 Å². The molecule has 0 aliphatic heterocycles. The molecule has 0 radical (unpaired) electrons. The maximum Gasteiger partial charge on any atom is 0.383 e. The average Bonchev–Trinajstić information content (AvgIpc) is 2.75. The Bertz CT molecular complexity index is 1140. The second kappa shape index (κ2) is 13.5. The summed E-state index contributed by atoms with van der Waals surface area (Å²) in [4.78, 5) is 12.7. The van der Waals surface area contributed by atoms with Gasteiger partial charge >= 0.3 is 5.63 Å². The van der Waals surface area contributed by atoms with Gasteiger partial charge in [0.25, 0.3) is 0 Å². The van der Waals surface area contributed by atoms with Crippen molar-refractivity contribution in [3.63, 3.8) is 0 Å². The smallest absolute Gasteiger partial charge is 0.383 e. The summed E-state index contributed by atoms with van der Waals surface area (Å²) in [5.74, 6) is 0.183. The fourth-order valence-corrected chi connectivity index (χ4v) is 3.35. The number of fused-ring (bicyclic) bond motifs is 1. The van der Waals surface area contributed by atoms with Gasteiger partial charge in [0.05, 0.1) is 5.39 Å². The van der Waals surface area contributed by atoms with Crippen molar-refractivity contribution in [3.8, 4) is 17.2 Å². The van der Waals surface area contributed by atoms with Gasteiger partial charge in [-0.2, -0.15) is 0 Å². The number of phenolic OH excluding ortho intramolecular Hbond substituents is 1. The van der Waals surface area contributed by atoms with Crippen molar-refractivity contribution in [2.75, 3.05) is 13.2 Å². The molecule has 5 nitrogen and oxygen atoms in total. The summed E-state index contributed by atoms with van der Waals surface area (Å²) in [6.45, 7) is 13.0. The minimum absolute atomic E-state index is 0.0158. The Morgan fingerprint density at radius 3 is 1.88 bits per heavy atom. The van der Waals surface area contributed by atoms with Crippen molar-refractivity contribution in [1.82, 2.24) is 0 Å². The zero-order valence-electron chi connectivity index (χ0n) is 21.4. The average molecular weight is 467 g/mol. The quantitative estimate of drug-likeness (QED) is 0.257. The number of aromatic hydroxyl groups is 1. The molecule has 0 atom stereocenters. The van der Waals surface area contributed by atoms with Crippen LogP contribution in [0.3, 0.4) is 0 Å². The van der Waals surface area contributed by atoms with Crippen LogP contribution >= 0.6 is 0 Å². The normalized spacial score (nSPS) is 11.9. The topological polar surface area (TPSA) is 68.9 Å². The van der Waals surface area contributed by atoms with Crippen molar-refractivity contribution >= 4 is 11.0 Å². The lowest BCUT2D eigenvalue weighted by Crippen LogP contribution is -2.11. The van der Waals surface area contributed by atoms with E-state index in [1.54, 1.807) is 12.1 Å². The predicted octanol–water partition coefficient (Wildman–Crippen LogP) is 7.64. The van der Waals surface area contributed by atoms with Crippen LogP contribution in [-0.4, -0.2) is 18.3 Å². The third-order valence-corrected chi connectivity index (χ3v) is 5.33. The van der Waals surface area contributed by atoms with Gasteiger partial charge in [-0.25, -0.2) is 4.79 Å². The Balaban J connectivity index is 2.23. The van der Waals surface area contributed by atoms with Crippen LogP contribution in [0.1, 0.15) is 67.2 Å². The SMILES string of the molecule is CC(C)=CCCC(C)=CCOc1c(OCC=C(C)CCC=C(C)C)c2cccc(O)c2oc1=O. The van der Waals surface area contributed by atoms with E-state index in [0.717, 1.165) is 25.7 Å². The lowest BCUT2D eigenvalue weighted by atomic mass is 10.1. The molecule has 0 aliphatic rings. The zero-order valence-corrected chi connectivity index (χ0v) is 21.4. The van der Waals surface area contributed by atoms with Crippen LogP contribution in [0, 0.1) is 0 Å². The van der Waals surface area contributed by atoms with E-state index in [0.29, 0.717) is 5.39 Å². The number of benzene rings is 1. The van der Waals surface area contributed by atoms with E-state index < -0.39 is 5.63 Å². The Morgan fingerprint density at radius 2 is 1.35 bits per heavy atom. The van der Waals surface area contributed by atoms with Crippen molar-refractivity contribution in [2.45, 2.75) is 67.2 Å². The molecule has 2 rings (SSSR count). The monoisotopic (exact) mass is 466 g/mol. The van der Waals surface area contributed by atoms with Crippen LogP contribution in [0.2, 0.25) is 0 Å². The van der Waals surface area contributed by atoms with Crippen molar-refractivity contribution in [1.29, 1.82) is 0 Å². The lowest BCUT2D eigenvalue weighted by Gasteiger charge is -2.13. The van der Waals surface area contributed by atoms with Gasteiger partial charge in [0.2, 0.25) is 5.75 Å². The standard InChI is InChI=1S/C29H38O5/c1-20(2)10-7-12-22(5)16-18-32-27-24-14-9-15-25(30)26(24)34-29(31)28(27)33-19-17-23(6)13-8-11-21(3)4/h9-11,14-17,30H,7-8,12-13,18-19H2,1-6H3. The van der Waals surface area contributed by atoms with Gasteiger partial charge in [0.15, 0.2) is 17.1 Å². The van der Waals surface area contributed by atoms with Gasteiger partial charge in [-0.1, -0.05) is 40.5 Å². The van der Waals surface area contributed by atoms with Crippen LogP contribution in [0.4, 0.5) is 0 Å². The second-order valence-electron chi connectivity index (χ2n) is 9.06. The summed E-state index contributed by atoms with van der Waals surface area (Å²) in [5.41, 5.74) is 4.39. The molecular weight excluding hydrogens is 428 g/mol. The Kier molecular flexibility index (Phi) is 10.7. The fraction of sp³-hybridized carbons (Fsp3) is 0.414. The number of phenols is 1. The number of ether oxygens (including phenoxy) is 2. The molecule has 0 aliphatic carbocycles. The molecule has 1 aromatic carbocycles. The second-order valence-corrected chi connectivity index (χ2v) is 9.06. The molecule has 0 saturated heterocycles. The largest absolute Gasteiger partial charge is 0.504 e. The first-order valence-electron chi connectivity index (χ1n) is 11.8. The number of hydrogen-bond acceptors (Lipinski definition) is 5. The minimum atomic E-state index is -0.677. The number of rotatable bonds is 12. The van der Waals surface area contributed by atoms with E-state index in [2.05, 4.69) is 46.8 Å². The van der Waals surface area contributed by atoms with E-state index in [9.17, 15) is 9.90 Å². The maximum absolute atomic E-state index is 12.7. The summed E-state index contributed by atoms with van der Waals surface area (Å²) < 4.78 is 17.2. The molecule has 1 heterocycles. The molecule has 0 bridgehead atoms. The number of para-hydroxylation sites is 1. The highest BCUT2D eigenvalue weighted by Gasteiger charge is 2.19.